The van der Waals surface area contributed by atoms with Crippen molar-refractivity contribution in [2.75, 3.05) is 6.54 Å². The standard InChI is InChI=1S/C16H24FNO/c1-13(14-6-8-15(17)9-7-14)18-12-16(19)10-4-2-3-5-11-16/h6-9,13,18-19H,2-5,10-12H2,1H3. The summed E-state index contributed by atoms with van der Waals surface area (Å²) in [6.07, 6.45) is 6.46. The lowest BCUT2D eigenvalue weighted by molar-refractivity contribution is 0.0231. The fraction of sp³-hybridized carbons (Fsp3) is 0.625. The Morgan fingerprint density at radius 2 is 1.74 bits per heavy atom. The lowest BCUT2D eigenvalue weighted by Crippen LogP contribution is -2.41. The molecule has 0 bridgehead atoms. The Bertz CT molecular complexity index is 382. The molecule has 1 aliphatic rings. The molecule has 3 heteroatoms. The second kappa shape index (κ2) is 6.49. The van der Waals surface area contributed by atoms with Crippen molar-refractivity contribution in [2.24, 2.45) is 0 Å². The van der Waals surface area contributed by atoms with Crippen LogP contribution in [-0.4, -0.2) is 17.3 Å². The summed E-state index contributed by atoms with van der Waals surface area (Å²) in [6.45, 7) is 2.67. The molecule has 2 N–H and O–H groups in total. The highest BCUT2D eigenvalue weighted by molar-refractivity contribution is 5.19. The molecule has 0 heterocycles. The molecule has 19 heavy (non-hydrogen) atoms. The minimum Gasteiger partial charge on any atom is -0.389 e. The van der Waals surface area contributed by atoms with Crippen molar-refractivity contribution in [3.8, 4) is 0 Å². The van der Waals surface area contributed by atoms with Gasteiger partial charge < -0.3 is 10.4 Å². The van der Waals surface area contributed by atoms with E-state index >= 15 is 0 Å². The quantitative estimate of drug-likeness (QED) is 0.816. The molecule has 1 unspecified atom stereocenters. The SMILES string of the molecule is CC(NCC1(O)CCCCCC1)c1ccc(F)cc1. The topological polar surface area (TPSA) is 32.3 Å². The molecule has 1 aromatic carbocycles. The molecule has 1 fully saturated rings. The van der Waals surface area contributed by atoms with Crippen LogP contribution in [0.4, 0.5) is 4.39 Å². The monoisotopic (exact) mass is 265 g/mol. The van der Waals surface area contributed by atoms with Gasteiger partial charge in [0.15, 0.2) is 0 Å². The average Bonchev–Trinajstić information content (AvgIpc) is 2.62. The van der Waals surface area contributed by atoms with Gasteiger partial charge in [0.1, 0.15) is 5.82 Å². The van der Waals surface area contributed by atoms with E-state index in [2.05, 4.69) is 5.32 Å². The smallest absolute Gasteiger partial charge is 0.123 e. The molecule has 1 aromatic rings. The van der Waals surface area contributed by atoms with Crippen LogP contribution in [0.15, 0.2) is 24.3 Å². The molecule has 1 aliphatic carbocycles. The second-order valence-corrected chi connectivity index (χ2v) is 5.79. The van der Waals surface area contributed by atoms with Crippen molar-refractivity contribution in [2.45, 2.75) is 57.1 Å². The predicted molar refractivity (Wildman–Crippen MR) is 75.5 cm³/mol. The summed E-state index contributed by atoms with van der Waals surface area (Å²) in [4.78, 5) is 0. The minimum atomic E-state index is -0.565. The summed E-state index contributed by atoms with van der Waals surface area (Å²) in [7, 11) is 0. The zero-order valence-corrected chi connectivity index (χ0v) is 11.7. The Kier molecular flexibility index (Phi) is 4.94. The van der Waals surface area contributed by atoms with Crippen LogP contribution in [0.5, 0.6) is 0 Å². The zero-order valence-electron chi connectivity index (χ0n) is 11.7. The summed E-state index contributed by atoms with van der Waals surface area (Å²) in [6, 6.07) is 6.68. The maximum absolute atomic E-state index is 12.9. The first-order valence-electron chi connectivity index (χ1n) is 7.30. The first-order chi connectivity index (χ1) is 9.09. The lowest BCUT2D eigenvalue weighted by Gasteiger charge is -2.29. The van der Waals surface area contributed by atoms with Crippen molar-refractivity contribution in [1.82, 2.24) is 5.32 Å². The largest absolute Gasteiger partial charge is 0.389 e. The fourth-order valence-electron chi connectivity index (χ4n) is 2.78. The fourth-order valence-corrected chi connectivity index (χ4v) is 2.78. The van der Waals surface area contributed by atoms with Crippen LogP contribution in [0.1, 0.15) is 57.1 Å². The molecule has 2 rings (SSSR count). The lowest BCUT2D eigenvalue weighted by atomic mass is 9.94. The predicted octanol–water partition coefficient (Wildman–Crippen LogP) is 3.56. The van der Waals surface area contributed by atoms with E-state index in [4.69, 9.17) is 0 Å². The van der Waals surface area contributed by atoms with Crippen molar-refractivity contribution < 1.29 is 9.50 Å². The molecule has 1 saturated carbocycles. The van der Waals surface area contributed by atoms with Gasteiger partial charge in [0.05, 0.1) is 5.60 Å². The highest BCUT2D eigenvalue weighted by atomic mass is 19.1. The number of hydrogen-bond acceptors (Lipinski definition) is 2. The third-order valence-corrected chi connectivity index (χ3v) is 4.14. The van der Waals surface area contributed by atoms with Gasteiger partial charge >= 0.3 is 0 Å². The number of benzene rings is 1. The number of rotatable bonds is 4. The van der Waals surface area contributed by atoms with Gasteiger partial charge in [-0.15, -0.1) is 0 Å². The molecule has 0 aromatic heterocycles. The summed E-state index contributed by atoms with van der Waals surface area (Å²) in [5.74, 6) is -0.210. The van der Waals surface area contributed by atoms with Crippen LogP contribution < -0.4 is 5.32 Å². The molecule has 0 aliphatic heterocycles. The van der Waals surface area contributed by atoms with E-state index in [9.17, 15) is 9.50 Å². The third-order valence-electron chi connectivity index (χ3n) is 4.14. The van der Waals surface area contributed by atoms with Gasteiger partial charge in [-0.3, -0.25) is 0 Å². The van der Waals surface area contributed by atoms with Crippen molar-refractivity contribution >= 4 is 0 Å². The van der Waals surface area contributed by atoms with E-state index in [-0.39, 0.29) is 11.9 Å². The summed E-state index contributed by atoms with van der Waals surface area (Å²) in [5.41, 5.74) is 0.490. The van der Waals surface area contributed by atoms with Crippen molar-refractivity contribution in [3.05, 3.63) is 35.6 Å². The average molecular weight is 265 g/mol. The van der Waals surface area contributed by atoms with Crippen LogP contribution in [0, 0.1) is 5.82 Å². The first-order valence-corrected chi connectivity index (χ1v) is 7.30. The number of nitrogens with one attached hydrogen (secondary N) is 1. The van der Waals surface area contributed by atoms with Gasteiger partial charge in [0, 0.05) is 12.6 Å². The van der Waals surface area contributed by atoms with Crippen LogP contribution in [0.3, 0.4) is 0 Å². The molecule has 0 spiro atoms. The molecular weight excluding hydrogens is 241 g/mol. The Morgan fingerprint density at radius 3 is 2.32 bits per heavy atom. The van der Waals surface area contributed by atoms with E-state index in [0.29, 0.717) is 6.54 Å². The van der Waals surface area contributed by atoms with Crippen LogP contribution in [0.2, 0.25) is 0 Å². The summed E-state index contributed by atoms with van der Waals surface area (Å²) >= 11 is 0. The maximum atomic E-state index is 12.9. The Morgan fingerprint density at radius 1 is 1.16 bits per heavy atom. The van der Waals surface area contributed by atoms with Crippen molar-refractivity contribution in [3.63, 3.8) is 0 Å². The zero-order chi connectivity index (χ0) is 13.7. The van der Waals surface area contributed by atoms with Gasteiger partial charge in [-0.2, -0.15) is 0 Å². The Hall–Kier alpha value is -0.930. The Balaban J connectivity index is 1.88. The van der Waals surface area contributed by atoms with E-state index in [1.54, 1.807) is 12.1 Å². The summed E-state index contributed by atoms with van der Waals surface area (Å²) in [5, 5.41) is 14.0. The van der Waals surface area contributed by atoms with Gasteiger partial charge in [0.25, 0.3) is 0 Å². The van der Waals surface area contributed by atoms with Gasteiger partial charge in [-0.05, 0) is 37.5 Å². The minimum absolute atomic E-state index is 0.132. The van der Waals surface area contributed by atoms with Crippen molar-refractivity contribution in [1.29, 1.82) is 0 Å². The van der Waals surface area contributed by atoms with E-state index in [1.807, 2.05) is 6.92 Å². The van der Waals surface area contributed by atoms with Gasteiger partial charge in [-0.1, -0.05) is 37.8 Å². The third kappa shape index (κ3) is 4.29. The highest BCUT2D eigenvalue weighted by Gasteiger charge is 2.28. The second-order valence-electron chi connectivity index (χ2n) is 5.79. The molecule has 1 atom stereocenters. The molecule has 2 nitrogen and oxygen atoms in total. The number of hydrogen-bond donors (Lipinski definition) is 2. The number of halogens is 1. The number of aliphatic hydroxyl groups is 1. The van der Waals surface area contributed by atoms with E-state index in [1.165, 1.54) is 25.0 Å². The maximum Gasteiger partial charge on any atom is 0.123 e. The van der Waals surface area contributed by atoms with Crippen LogP contribution in [0.25, 0.3) is 0 Å². The van der Waals surface area contributed by atoms with E-state index < -0.39 is 5.60 Å². The van der Waals surface area contributed by atoms with Gasteiger partial charge in [-0.25, -0.2) is 4.39 Å². The van der Waals surface area contributed by atoms with Gasteiger partial charge in [0.2, 0.25) is 0 Å². The van der Waals surface area contributed by atoms with Crippen LogP contribution in [-0.2, 0) is 0 Å². The summed E-state index contributed by atoms with van der Waals surface area (Å²) < 4.78 is 12.9. The Labute approximate surface area is 115 Å². The molecule has 0 saturated heterocycles. The molecular formula is C16H24FNO. The van der Waals surface area contributed by atoms with Crippen LogP contribution >= 0.6 is 0 Å². The molecule has 0 amide bonds. The highest BCUT2D eigenvalue weighted by Crippen LogP contribution is 2.27. The molecule has 106 valence electrons. The first kappa shape index (κ1) is 14.5. The molecule has 0 radical (unpaired) electrons. The van der Waals surface area contributed by atoms with E-state index in [0.717, 1.165) is 31.2 Å². The normalized spacial score (nSPS) is 20.8.